The summed E-state index contributed by atoms with van der Waals surface area (Å²) in [6, 6.07) is 8.10. The molecule has 1 atom stereocenters. The number of rotatable bonds is 1. The minimum Gasteiger partial charge on any atom is -0.289 e. The number of hydrogen-bond donors (Lipinski definition) is 0. The number of fused-ring (bicyclic) bond motifs is 2. The molecule has 3 aliphatic carbocycles. The van der Waals surface area contributed by atoms with E-state index < -0.39 is 0 Å². The van der Waals surface area contributed by atoms with Crippen LogP contribution < -0.4 is 0 Å². The number of ketones is 1. The van der Waals surface area contributed by atoms with E-state index in [0.29, 0.717) is 0 Å². The van der Waals surface area contributed by atoms with Gasteiger partial charge in [0.1, 0.15) is 0 Å². The molecule has 1 aromatic carbocycles. The molecule has 0 aliphatic heterocycles. The van der Waals surface area contributed by atoms with Crippen molar-refractivity contribution in [2.75, 3.05) is 0 Å². The van der Waals surface area contributed by atoms with Crippen LogP contribution in [0.15, 0.2) is 41.5 Å². The summed E-state index contributed by atoms with van der Waals surface area (Å²) in [4.78, 5) is 12.3. The minimum absolute atomic E-state index is 0.171. The number of hydrogen-bond acceptors (Lipinski definition) is 1. The average Bonchev–Trinajstić information content (AvgIpc) is 3.08. The molecule has 1 nitrogen and oxygen atoms in total. The first-order valence-electron chi connectivity index (χ1n) is 6.82. The van der Waals surface area contributed by atoms with E-state index in [0.717, 1.165) is 11.1 Å². The molecular formula is C17H16O. The molecule has 0 aromatic heterocycles. The maximum absolute atomic E-state index is 12.3. The lowest BCUT2D eigenvalue weighted by atomic mass is 9.77. The highest BCUT2D eigenvalue weighted by molar-refractivity contribution is 6.21. The maximum Gasteiger partial charge on any atom is 0.189 e. The van der Waals surface area contributed by atoms with Gasteiger partial charge in [-0.15, -0.1) is 0 Å². The smallest absolute Gasteiger partial charge is 0.189 e. The Balaban J connectivity index is 1.89. The molecule has 90 valence electrons. The van der Waals surface area contributed by atoms with Crippen molar-refractivity contribution >= 4 is 11.4 Å². The van der Waals surface area contributed by atoms with Gasteiger partial charge in [0, 0.05) is 16.6 Å². The van der Waals surface area contributed by atoms with Crippen molar-refractivity contribution in [2.24, 2.45) is 5.41 Å². The van der Waals surface area contributed by atoms with Crippen LogP contribution in [0, 0.1) is 5.41 Å². The molecule has 3 aliphatic rings. The Morgan fingerprint density at radius 3 is 2.67 bits per heavy atom. The van der Waals surface area contributed by atoms with Crippen LogP contribution in [0.1, 0.15) is 48.5 Å². The van der Waals surface area contributed by atoms with E-state index in [9.17, 15) is 4.79 Å². The van der Waals surface area contributed by atoms with Gasteiger partial charge in [-0.3, -0.25) is 4.79 Å². The highest BCUT2D eigenvalue weighted by Gasteiger charge is 2.51. The fraction of sp³-hybridized carbons (Fsp3) is 0.353. The molecule has 1 saturated carbocycles. The molecule has 4 rings (SSSR count). The fourth-order valence-electron chi connectivity index (χ4n) is 3.86. The lowest BCUT2D eigenvalue weighted by Crippen LogP contribution is -2.12. The molecule has 0 N–H and O–H groups in total. The van der Waals surface area contributed by atoms with E-state index in [4.69, 9.17) is 0 Å². The van der Waals surface area contributed by atoms with Gasteiger partial charge in [0.2, 0.25) is 0 Å². The van der Waals surface area contributed by atoms with E-state index in [2.05, 4.69) is 12.1 Å². The van der Waals surface area contributed by atoms with Gasteiger partial charge in [0.25, 0.3) is 0 Å². The number of carbonyl (C=O) groups is 1. The number of Topliss-reactive ketones (excluding diaryl/α,β-unsaturated/α-hetero) is 1. The van der Waals surface area contributed by atoms with Crippen molar-refractivity contribution in [3.8, 4) is 0 Å². The van der Waals surface area contributed by atoms with Crippen LogP contribution in [0.4, 0.5) is 0 Å². The Labute approximate surface area is 107 Å². The van der Waals surface area contributed by atoms with Crippen molar-refractivity contribution in [2.45, 2.75) is 32.6 Å². The predicted octanol–water partition coefficient (Wildman–Crippen LogP) is 4.16. The second-order valence-electron chi connectivity index (χ2n) is 5.72. The third-order valence-corrected chi connectivity index (χ3v) is 4.78. The van der Waals surface area contributed by atoms with Crippen LogP contribution in [0.2, 0.25) is 0 Å². The summed E-state index contributed by atoms with van der Waals surface area (Å²) in [6.45, 7) is 2.00. The summed E-state index contributed by atoms with van der Waals surface area (Å²) in [6.07, 6.45) is 7.45. The second kappa shape index (κ2) is 3.23. The Morgan fingerprint density at radius 1 is 1.11 bits per heavy atom. The standard InChI is InChI=1S/C17H16O/c1-11-15(17-9-5-4-6-12(17)10-17)13-7-2-3-8-14(13)16(11)18/h2-3,7-8,10H,4-6,9H2,1H3. The van der Waals surface area contributed by atoms with Gasteiger partial charge in [0.05, 0.1) is 0 Å². The van der Waals surface area contributed by atoms with E-state index >= 15 is 0 Å². The van der Waals surface area contributed by atoms with E-state index in [1.807, 2.05) is 25.1 Å². The fourth-order valence-corrected chi connectivity index (χ4v) is 3.86. The molecule has 1 aromatic rings. The Bertz CT molecular complexity index is 633. The zero-order chi connectivity index (χ0) is 12.3. The first-order valence-corrected chi connectivity index (χ1v) is 6.82. The molecular weight excluding hydrogens is 220 g/mol. The molecule has 18 heavy (non-hydrogen) atoms. The van der Waals surface area contributed by atoms with Crippen LogP contribution in [-0.4, -0.2) is 5.78 Å². The van der Waals surface area contributed by atoms with Crippen LogP contribution in [-0.2, 0) is 0 Å². The molecule has 1 heteroatoms. The molecule has 0 amide bonds. The zero-order valence-electron chi connectivity index (χ0n) is 10.6. The SMILES string of the molecule is CC1=C(C23C=C2CCCC3)c2ccccc2C1=O. The summed E-state index contributed by atoms with van der Waals surface area (Å²) in [7, 11) is 0. The predicted molar refractivity (Wildman–Crippen MR) is 72.4 cm³/mol. The Kier molecular flexibility index (Phi) is 1.85. The van der Waals surface area contributed by atoms with E-state index in [-0.39, 0.29) is 11.2 Å². The third-order valence-electron chi connectivity index (χ3n) is 4.78. The van der Waals surface area contributed by atoms with Crippen molar-refractivity contribution in [1.29, 1.82) is 0 Å². The van der Waals surface area contributed by atoms with Gasteiger partial charge < -0.3 is 0 Å². The Morgan fingerprint density at radius 2 is 1.89 bits per heavy atom. The van der Waals surface area contributed by atoms with Gasteiger partial charge in [-0.2, -0.15) is 0 Å². The lowest BCUT2D eigenvalue weighted by molar-refractivity contribution is 0.103. The minimum atomic E-state index is 0.171. The average molecular weight is 236 g/mol. The summed E-state index contributed by atoms with van der Waals surface area (Å²) in [5, 5.41) is 0. The lowest BCUT2D eigenvalue weighted by Gasteiger charge is -2.26. The number of benzene rings is 1. The van der Waals surface area contributed by atoms with Gasteiger partial charge in [-0.25, -0.2) is 0 Å². The van der Waals surface area contributed by atoms with Crippen molar-refractivity contribution in [1.82, 2.24) is 0 Å². The van der Waals surface area contributed by atoms with Crippen LogP contribution in [0.5, 0.6) is 0 Å². The van der Waals surface area contributed by atoms with Crippen LogP contribution in [0.25, 0.3) is 5.57 Å². The van der Waals surface area contributed by atoms with Gasteiger partial charge in [-0.05, 0) is 37.3 Å². The second-order valence-corrected chi connectivity index (χ2v) is 5.72. The van der Waals surface area contributed by atoms with Gasteiger partial charge in [0.15, 0.2) is 5.78 Å². The highest BCUT2D eigenvalue weighted by Crippen LogP contribution is 2.64. The molecule has 0 bridgehead atoms. The largest absolute Gasteiger partial charge is 0.289 e. The summed E-state index contributed by atoms with van der Waals surface area (Å²) < 4.78 is 0. The normalized spacial score (nSPS) is 28.9. The van der Waals surface area contributed by atoms with Crippen LogP contribution >= 0.6 is 0 Å². The van der Waals surface area contributed by atoms with Gasteiger partial charge >= 0.3 is 0 Å². The first kappa shape index (κ1) is 10.3. The molecule has 0 spiro atoms. The first-order chi connectivity index (χ1) is 8.74. The number of carbonyl (C=O) groups excluding carboxylic acids is 1. The Hall–Kier alpha value is -1.63. The van der Waals surface area contributed by atoms with Gasteiger partial charge in [-0.1, -0.05) is 42.3 Å². The summed E-state index contributed by atoms with van der Waals surface area (Å²) in [5.41, 5.74) is 6.14. The summed E-state index contributed by atoms with van der Waals surface area (Å²) >= 11 is 0. The zero-order valence-corrected chi connectivity index (χ0v) is 10.6. The molecule has 0 saturated heterocycles. The highest BCUT2D eigenvalue weighted by atomic mass is 16.1. The quantitative estimate of drug-likeness (QED) is 0.669. The van der Waals surface area contributed by atoms with Crippen LogP contribution in [0.3, 0.4) is 0 Å². The third kappa shape index (κ3) is 1.10. The molecule has 1 fully saturated rings. The maximum atomic E-state index is 12.3. The number of allylic oxidation sites excluding steroid dienone is 4. The van der Waals surface area contributed by atoms with E-state index in [1.165, 1.54) is 36.8 Å². The van der Waals surface area contributed by atoms with Crippen molar-refractivity contribution < 1.29 is 4.79 Å². The van der Waals surface area contributed by atoms with Crippen molar-refractivity contribution in [3.63, 3.8) is 0 Å². The topological polar surface area (TPSA) is 17.1 Å². The summed E-state index contributed by atoms with van der Waals surface area (Å²) in [5.74, 6) is 0.236. The van der Waals surface area contributed by atoms with Crippen molar-refractivity contribution in [3.05, 3.63) is 52.6 Å². The molecule has 1 unspecified atom stereocenters. The molecule has 0 radical (unpaired) electrons. The molecule has 0 heterocycles. The monoisotopic (exact) mass is 236 g/mol. The van der Waals surface area contributed by atoms with E-state index in [1.54, 1.807) is 5.57 Å².